The number of aromatic amines is 2. The molecule has 1 aliphatic heterocycles. The summed E-state index contributed by atoms with van der Waals surface area (Å²) in [5.74, 6) is 0.775. The van der Waals surface area contributed by atoms with Crippen LogP contribution in [0.25, 0.3) is 55.8 Å². The van der Waals surface area contributed by atoms with Crippen LogP contribution in [0.3, 0.4) is 0 Å². The number of ether oxygens (including phenoxy) is 1. The summed E-state index contributed by atoms with van der Waals surface area (Å²) in [5.41, 5.74) is 8.55. The van der Waals surface area contributed by atoms with Gasteiger partial charge in [-0.15, -0.1) is 0 Å². The predicted molar refractivity (Wildman–Crippen MR) is 186 cm³/mol. The molecule has 0 unspecified atom stereocenters. The minimum absolute atomic E-state index is 0.347. The van der Waals surface area contributed by atoms with Gasteiger partial charge in [0.05, 0.1) is 28.4 Å². The van der Waals surface area contributed by atoms with Crippen molar-refractivity contribution in [3.8, 4) is 39.7 Å². The van der Waals surface area contributed by atoms with Crippen LogP contribution in [0, 0.1) is 5.82 Å². The van der Waals surface area contributed by atoms with Gasteiger partial charge >= 0.3 is 0 Å². The molecule has 0 atom stereocenters. The van der Waals surface area contributed by atoms with Gasteiger partial charge in [0, 0.05) is 54.6 Å². The van der Waals surface area contributed by atoms with Crippen LogP contribution in [-0.4, -0.2) is 61.3 Å². The molecule has 1 aliphatic rings. The van der Waals surface area contributed by atoms with Crippen LogP contribution in [0.1, 0.15) is 24.0 Å². The molecule has 48 heavy (non-hydrogen) atoms. The molecule has 240 valence electrons. The summed E-state index contributed by atoms with van der Waals surface area (Å²) in [6.07, 6.45) is 7.94. The van der Waals surface area contributed by atoms with Crippen LogP contribution in [0.15, 0.2) is 97.5 Å². The largest absolute Gasteiger partial charge is 0.492 e. The zero-order valence-corrected chi connectivity index (χ0v) is 26.4. The number of para-hydroxylation sites is 1. The second-order valence-corrected chi connectivity index (χ2v) is 12.2. The lowest BCUT2D eigenvalue weighted by Gasteiger charge is -2.15. The summed E-state index contributed by atoms with van der Waals surface area (Å²) < 4.78 is 20.8. The van der Waals surface area contributed by atoms with E-state index in [1.807, 2.05) is 60.9 Å². The quantitative estimate of drug-likeness (QED) is 0.138. The van der Waals surface area contributed by atoms with E-state index in [0.29, 0.717) is 36.0 Å². The molecule has 3 N–H and O–H groups in total. The number of hydrogen-bond donors (Lipinski definition) is 3. The molecule has 5 heterocycles. The van der Waals surface area contributed by atoms with E-state index >= 15 is 0 Å². The molecule has 1 saturated heterocycles. The number of rotatable bonds is 11. The number of fused-ring (bicyclic) bond motifs is 2. The van der Waals surface area contributed by atoms with E-state index in [9.17, 15) is 4.39 Å². The normalized spacial score (nSPS) is 13.5. The average Bonchev–Trinajstić information content (AvgIpc) is 3.88. The van der Waals surface area contributed by atoms with Crippen molar-refractivity contribution in [2.24, 2.45) is 0 Å². The Kier molecular flexibility index (Phi) is 8.32. The fourth-order valence-corrected chi connectivity index (χ4v) is 6.40. The predicted octanol–water partition coefficient (Wildman–Crippen LogP) is 7.13. The van der Waals surface area contributed by atoms with Crippen LogP contribution < -0.4 is 10.1 Å². The highest BCUT2D eigenvalue weighted by Crippen LogP contribution is 2.34. The summed E-state index contributed by atoms with van der Waals surface area (Å²) in [6.45, 7) is 5.03. The Morgan fingerprint density at radius 1 is 0.833 bits per heavy atom. The van der Waals surface area contributed by atoms with E-state index in [-0.39, 0.29) is 5.82 Å². The molecule has 1 fully saturated rings. The van der Waals surface area contributed by atoms with Gasteiger partial charge in [0.25, 0.3) is 0 Å². The van der Waals surface area contributed by atoms with Crippen molar-refractivity contribution in [2.45, 2.75) is 25.9 Å². The van der Waals surface area contributed by atoms with E-state index in [4.69, 9.17) is 14.7 Å². The first kappa shape index (κ1) is 29.9. The van der Waals surface area contributed by atoms with Crippen molar-refractivity contribution < 1.29 is 9.13 Å². The van der Waals surface area contributed by atoms with Crippen LogP contribution >= 0.6 is 0 Å². The van der Waals surface area contributed by atoms with Gasteiger partial charge in [0.1, 0.15) is 23.9 Å². The van der Waals surface area contributed by atoms with E-state index in [1.54, 1.807) is 6.20 Å². The maximum Gasteiger partial charge on any atom is 0.159 e. The van der Waals surface area contributed by atoms with Crippen LogP contribution in [0.4, 0.5) is 4.39 Å². The molecule has 4 aromatic heterocycles. The summed E-state index contributed by atoms with van der Waals surface area (Å²) >= 11 is 0. The lowest BCUT2D eigenvalue weighted by Crippen LogP contribution is -2.25. The smallest absolute Gasteiger partial charge is 0.159 e. The molecule has 0 radical (unpaired) electrons. The Morgan fingerprint density at radius 2 is 1.71 bits per heavy atom. The third-order valence-corrected chi connectivity index (χ3v) is 8.83. The van der Waals surface area contributed by atoms with Crippen molar-refractivity contribution in [1.82, 2.24) is 40.3 Å². The molecule has 0 bridgehead atoms. The Bertz CT molecular complexity index is 2190. The molecule has 0 spiro atoms. The van der Waals surface area contributed by atoms with Crippen LogP contribution in [0.2, 0.25) is 0 Å². The van der Waals surface area contributed by atoms with Gasteiger partial charge in [-0.05, 0) is 73.0 Å². The van der Waals surface area contributed by atoms with Gasteiger partial charge in [-0.3, -0.25) is 20.0 Å². The van der Waals surface area contributed by atoms with Crippen LogP contribution in [0.5, 0.6) is 5.75 Å². The number of likely N-dealkylation sites (tertiary alicyclic amines) is 1. The third kappa shape index (κ3) is 6.40. The SMILES string of the molecule is Fc1cc(OCCN2CCCC2)cc(-c2cccc3[nH]c(-c4n[nH]c5cnc(-c6cncc(CNCc7ccccc7)c6)cc45)nc23)c1. The minimum atomic E-state index is -0.347. The molecule has 3 aromatic carbocycles. The first-order chi connectivity index (χ1) is 23.7. The number of halogens is 1. The number of H-pyrrole nitrogens is 2. The molecule has 7 aromatic rings. The van der Waals surface area contributed by atoms with Gasteiger partial charge in [-0.2, -0.15) is 5.10 Å². The minimum Gasteiger partial charge on any atom is -0.492 e. The molecule has 10 heteroatoms. The van der Waals surface area contributed by atoms with Crippen molar-refractivity contribution in [3.05, 3.63) is 114 Å². The van der Waals surface area contributed by atoms with Crippen LogP contribution in [-0.2, 0) is 13.1 Å². The first-order valence-electron chi connectivity index (χ1n) is 16.3. The number of pyridine rings is 2. The lowest BCUT2D eigenvalue weighted by atomic mass is 10.0. The summed E-state index contributed by atoms with van der Waals surface area (Å²) in [4.78, 5) is 20.0. The second-order valence-electron chi connectivity index (χ2n) is 12.2. The van der Waals surface area contributed by atoms with E-state index in [2.05, 4.69) is 48.6 Å². The second kappa shape index (κ2) is 13.3. The van der Waals surface area contributed by atoms with E-state index in [1.165, 1.54) is 30.5 Å². The Labute approximate surface area is 277 Å². The van der Waals surface area contributed by atoms with E-state index < -0.39 is 0 Å². The fraction of sp³-hybridized carbons (Fsp3) is 0.211. The third-order valence-electron chi connectivity index (χ3n) is 8.83. The Balaban J connectivity index is 1.05. The Morgan fingerprint density at radius 3 is 2.60 bits per heavy atom. The van der Waals surface area contributed by atoms with Crippen molar-refractivity contribution in [3.63, 3.8) is 0 Å². The van der Waals surface area contributed by atoms with Crippen molar-refractivity contribution >= 4 is 21.9 Å². The number of aromatic nitrogens is 6. The molecule has 0 saturated carbocycles. The number of imidazole rings is 1. The van der Waals surface area contributed by atoms with Gasteiger partial charge in [0.15, 0.2) is 5.82 Å². The fourth-order valence-electron chi connectivity index (χ4n) is 6.40. The summed E-state index contributed by atoms with van der Waals surface area (Å²) in [5, 5.41) is 12.1. The highest BCUT2D eigenvalue weighted by Gasteiger charge is 2.18. The standard InChI is InChI=1S/C38H35FN8O/c39-29-16-27(17-30(18-29)48-14-13-47-11-4-5-12-47)31-9-6-10-33-36(31)44-38(43-33)37-32-19-34(42-24-35(32)45-46-37)28-15-26(22-41-23-28)21-40-20-25-7-2-1-3-8-25/h1-3,6-10,15-19,22-24,40H,4-5,11-14,20-21H2,(H,43,44)(H,45,46). The topological polar surface area (TPSA) is 108 Å². The summed E-state index contributed by atoms with van der Waals surface area (Å²) in [6, 6.07) is 25.2. The molecule has 0 amide bonds. The zero-order valence-electron chi connectivity index (χ0n) is 26.4. The van der Waals surface area contributed by atoms with Gasteiger partial charge in [-0.1, -0.05) is 42.5 Å². The molecule has 0 aliphatic carbocycles. The van der Waals surface area contributed by atoms with Gasteiger partial charge in [-0.25, -0.2) is 9.37 Å². The van der Waals surface area contributed by atoms with E-state index in [0.717, 1.165) is 70.5 Å². The molecule has 9 nitrogen and oxygen atoms in total. The van der Waals surface area contributed by atoms with Crippen molar-refractivity contribution in [1.29, 1.82) is 0 Å². The van der Waals surface area contributed by atoms with Crippen molar-refractivity contribution in [2.75, 3.05) is 26.2 Å². The monoisotopic (exact) mass is 638 g/mol. The number of nitrogens with one attached hydrogen (secondary N) is 3. The van der Waals surface area contributed by atoms with Gasteiger partial charge < -0.3 is 15.0 Å². The molecular formula is C38H35FN8O. The first-order valence-corrected chi connectivity index (χ1v) is 16.3. The lowest BCUT2D eigenvalue weighted by molar-refractivity contribution is 0.237. The maximum atomic E-state index is 14.8. The highest BCUT2D eigenvalue weighted by molar-refractivity contribution is 5.97. The molecule has 8 rings (SSSR count). The average molecular weight is 639 g/mol. The highest BCUT2D eigenvalue weighted by atomic mass is 19.1. The summed E-state index contributed by atoms with van der Waals surface area (Å²) in [7, 11) is 0. The number of nitrogens with zero attached hydrogens (tertiary/aromatic N) is 5. The Hall–Kier alpha value is -5.45. The molecular weight excluding hydrogens is 603 g/mol. The van der Waals surface area contributed by atoms with Gasteiger partial charge in [0.2, 0.25) is 0 Å². The maximum absolute atomic E-state index is 14.8. The number of hydrogen-bond acceptors (Lipinski definition) is 7. The number of benzene rings is 3. The zero-order chi connectivity index (χ0) is 32.3.